The summed E-state index contributed by atoms with van der Waals surface area (Å²) in [6.45, 7) is 3.86. The molecule has 90 valence electrons. The SMILES string of the molecule is Cc1cc(F)ccc1CC(N)c1occc1C. The van der Waals surface area contributed by atoms with Gasteiger partial charge >= 0.3 is 0 Å². The van der Waals surface area contributed by atoms with Gasteiger partial charge in [-0.1, -0.05) is 6.07 Å². The molecule has 0 bridgehead atoms. The van der Waals surface area contributed by atoms with Crippen molar-refractivity contribution in [2.24, 2.45) is 5.73 Å². The summed E-state index contributed by atoms with van der Waals surface area (Å²) in [5, 5.41) is 0. The van der Waals surface area contributed by atoms with E-state index in [4.69, 9.17) is 10.2 Å². The highest BCUT2D eigenvalue weighted by atomic mass is 19.1. The standard InChI is InChI=1S/C14H16FNO/c1-9-5-6-17-14(9)13(16)8-11-3-4-12(15)7-10(11)2/h3-7,13H,8,16H2,1-2H3. The summed E-state index contributed by atoms with van der Waals surface area (Å²) < 4.78 is 18.3. The van der Waals surface area contributed by atoms with Gasteiger partial charge in [-0.3, -0.25) is 0 Å². The van der Waals surface area contributed by atoms with Crippen LogP contribution in [-0.2, 0) is 6.42 Å². The Kier molecular flexibility index (Phi) is 3.29. The van der Waals surface area contributed by atoms with E-state index in [9.17, 15) is 4.39 Å². The van der Waals surface area contributed by atoms with E-state index in [0.717, 1.165) is 22.5 Å². The van der Waals surface area contributed by atoms with Crippen molar-refractivity contribution >= 4 is 0 Å². The van der Waals surface area contributed by atoms with Gasteiger partial charge in [0.05, 0.1) is 12.3 Å². The lowest BCUT2D eigenvalue weighted by Crippen LogP contribution is -2.14. The molecule has 1 aromatic carbocycles. The van der Waals surface area contributed by atoms with Crippen LogP contribution in [0, 0.1) is 19.7 Å². The average Bonchev–Trinajstić information content (AvgIpc) is 2.68. The smallest absolute Gasteiger partial charge is 0.123 e. The monoisotopic (exact) mass is 233 g/mol. The Balaban J connectivity index is 2.19. The van der Waals surface area contributed by atoms with Crippen molar-refractivity contribution in [2.75, 3.05) is 0 Å². The van der Waals surface area contributed by atoms with Crippen molar-refractivity contribution in [3.63, 3.8) is 0 Å². The lowest BCUT2D eigenvalue weighted by Gasteiger charge is -2.12. The number of halogens is 1. The van der Waals surface area contributed by atoms with Crippen molar-refractivity contribution in [1.82, 2.24) is 0 Å². The first-order valence-electron chi connectivity index (χ1n) is 5.62. The fourth-order valence-corrected chi connectivity index (χ4v) is 1.98. The van der Waals surface area contributed by atoms with Gasteiger partial charge in [0.1, 0.15) is 11.6 Å². The molecule has 1 aromatic heterocycles. The van der Waals surface area contributed by atoms with Crippen LogP contribution in [0.25, 0.3) is 0 Å². The summed E-state index contributed by atoms with van der Waals surface area (Å²) in [7, 11) is 0. The van der Waals surface area contributed by atoms with E-state index >= 15 is 0 Å². The van der Waals surface area contributed by atoms with Gasteiger partial charge in [0.15, 0.2) is 0 Å². The van der Waals surface area contributed by atoms with Gasteiger partial charge in [-0.05, 0) is 55.2 Å². The molecule has 0 spiro atoms. The molecule has 3 heteroatoms. The molecule has 2 aromatic rings. The number of rotatable bonds is 3. The zero-order chi connectivity index (χ0) is 12.4. The molecule has 0 saturated carbocycles. The molecule has 17 heavy (non-hydrogen) atoms. The first kappa shape index (κ1) is 11.9. The molecule has 0 aliphatic heterocycles. The third-order valence-electron chi connectivity index (χ3n) is 2.98. The van der Waals surface area contributed by atoms with Crippen LogP contribution in [-0.4, -0.2) is 0 Å². The molecular formula is C14H16FNO. The highest BCUT2D eigenvalue weighted by Gasteiger charge is 2.14. The summed E-state index contributed by atoms with van der Waals surface area (Å²) >= 11 is 0. The largest absolute Gasteiger partial charge is 0.467 e. The minimum absolute atomic E-state index is 0.186. The van der Waals surface area contributed by atoms with Gasteiger partial charge in [0, 0.05) is 0 Å². The van der Waals surface area contributed by atoms with Crippen LogP contribution in [0.15, 0.2) is 34.9 Å². The van der Waals surface area contributed by atoms with E-state index in [-0.39, 0.29) is 11.9 Å². The normalized spacial score (nSPS) is 12.7. The third kappa shape index (κ3) is 2.56. The van der Waals surface area contributed by atoms with Gasteiger partial charge in [-0.25, -0.2) is 4.39 Å². The zero-order valence-electron chi connectivity index (χ0n) is 10.0. The molecule has 2 rings (SSSR count). The van der Waals surface area contributed by atoms with Crippen LogP contribution in [0.4, 0.5) is 4.39 Å². The second-order valence-electron chi connectivity index (χ2n) is 4.35. The van der Waals surface area contributed by atoms with Crippen LogP contribution >= 0.6 is 0 Å². The van der Waals surface area contributed by atoms with E-state index in [0.29, 0.717) is 6.42 Å². The molecule has 0 saturated heterocycles. The maximum atomic E-state index is 13.0. The Morgan fingerprint density at radius 1 is 1.24 bits per heavy atom. The minimum atomic E-state index is -0.214. The molecular weight excluding hydrogens is 217 g/mol. The van der Waals surface area contributed by atoms with Gasteiger partial charge in [-0.2, -0.15) is 0 Å². The highest BCUT2D eigenvalue weighted by molar-refractivity contribution is 5.29. The third-order valence-corrected chi connectivity index (χ3v) is 2.98. The minimum Gasteiger partial charge on any atom is -0.467 e. The molecule has 1 heterocycles. The van der Waals surface area contributed by atoms with E-state index in [1.807, 2.05) is 19.9 Å². The van der Waals surface area contributed by atoms with Crippen LogP contribution < -0.4 is 5.73 Å². The quantitative estimate of drug-likeness (QED) is 0.883. The summed E-state index contributed by atoms with van der Waals surface area (Å²) in [6, 6.07) is 6.48. The lowest BCUT2D eigenvalue weighted by molar-refractivity contribution is 0.461. The summed E-state index contributed by atoms with van der Waals surface area (Å²) in [5.41, 5.74) is 9.12. The summed E-state index contributed by atoms with van der Waals surface area (Å²) in [5.74, 6) is 0.586. The maximum Gasteiger partial charge on any atom is 0.123 e. The predicted molar refractivity (Wildman–Crippen MR) is 65.2 cm³/mol. The number of nitrogens with two attached hydrogens (primary N) is 1. The fourth-order valence-electron chi connectivity index (χ4n) is 1.98. The Hall–Kier alpha value is -1.61. The van der Waals surface area contributed by atoms with Gasteiger partial charge in [0.2, 0.25) is 0 Å². The number of furan rings is 1. The van der Waals surface area contributed by atoms with Crippen molar-refractivity contribution < 1.29 is 8.81 Å². The van der Waals surface area contributed by atoms with Gasteiger partial charge in [0.25, 0.3) is 0 Å². The second kappa shape index (κ2) is 4.72. The molecule has 0 fully saturated rings. The Labute approximate surface area is 100 Å². The van der Waals surface area contributed by atoms with Crippen LogP contribution in [0.3, 0.4) is 0 Å². The fraction of sp³-hybridized carbons (Fsp3) is 0.286. The van der Waals surface area contributed by atoms with Crippen LogP contribution in [0.5, 0.6) is 0 Å². The number of aryl methyl sites for hydroxylation is 2. The van der Waals surface area contributed by atoms with Gasteiger partial charge < -0.3 is 10.2 Å². The van der Waals surface area contributed by atoms with Crippen molar-refractivity contribution in [3.05, 3.63) is 58.8 Å². The molecule has 0 aliphatic rings. The average molecular weight is 233 g/mol. The van der Waals surface area contributed by atoms with Crippen molar-refractivity contribution in [3.8, 4) is 0 Å². The van der Waals surface area contributed by atoms with E-state index in [2.05, 4.69) is 0 Å². The first-order chi connectivity index (χ1) is 8.08. The number of benzene rings is 1. The Bertz CT molecular complexity index is 519. The van der Waals surface area contributed by atoms with Crippen LogP contribution in [0.1, 0.15) is 28.5 Å². The Morgan fingerprint density at radius 2 is 2.00 bits per heavy atom. The molecule has 0 amide bonds. The predicted octanol–water partition coefficient (Wildman–Crippen LogP) is 3.28. The molecule has 1 atom stereocenters. The topological polar surface area (TPSA) is 39.2 Å². The summed E-state index contributed by atoms with van der Waals surface area (Å²) in [6.07, 6.45) is 2.29. The molecule has 2 N–H and O–H groups in total. The first-order valence-corrected chi connectivity index (χ1v) is 5.62. The second-order valence-corrected chi connectivity index (χ2v) is 4.35. The Morgan fingerprint density at radius 3 is 2.59 bits per heavy atom. The molecule has 0 aliphatic carbocycles. The lowest BCUT2D eigenvalue weighted by atomic mass is 9.99. The number of hydrogen-bond donors (Lipinski definition) is 1. The molecule has 0 radical (unpaired) electrons. The van der Waals surface area contributed by atoms with Crippen molar-refractivity contribution in [1.29, 1.82) is 0 Å². The number of hydrogen-bond acceptors (Lipinski definition) is 2. The maximum absolute atomic E-state index is 13.0. The van der Waals surface area contributed by atoms with Crippen molar-refractivity contribution in [2.45, 2.75) is 26.3 Å². The zero-order valence-corrected chi connectivity index (χ0v) is 10.0. The van der Waals surface area contributed by atoms with E-state index in [1.54, 1.807) is 12.3 Å². The van der Waals surface area contributed by atoms with Crippen LogP contribution in [0.2, 0.25) is 0 Å². The molecule has 2 nitrogen and oxygen atoms in total. The van der Waals surface area contributed by atoms with E-state index in [1.165, 1.54) is 12.1 Å². The van der Waals surface area contributed by atoms with Gasteiger partial charge in [-0.15, -0.1) is 0 Å². The van der Waals surface area contributed by atoms with E-state index < -0.39 is 0 Å². The summed E-state index contributed by atoms with van der Waals surface area (Å²) in [4.78, 5) is 0. The molecule has 1 unspecified atom stereocenters. The highest BCUT2D eigenvalue weighted by Crippen LogP contribution is 2.22.